The molecule has 1 aromatic carbocycles. The summed E-state index contributed by atoms with van der Waals surface area (Å²) < 4.78 is 0.928. The quantitative estimate of drug-likeness (QED) is 0.622. The standard InChI is InChI=1S/C11H9BrN2/c12-11-9-3-1-2-8(10-6-14-10)7(9)4-5-13-11/h1-5,10,14H,6H2/t10-/m1/s1. The van der Waals surface area contributed by atoms with Gasteiger partial charge in [0.15, 0.2) is 0 Å². The number of hydrogen-bond acceptors (Lipinski definition) is 2. The second-order valence-corrected chi connectivity index (χ2v) is 4.26. The summed E-state index contributed by atoms with van der Waals surface area (Å²) >= 11 is 3.47. The summed E-state index contributed by atoms with van der Waals surface area (Å²) in [6, 6.07) is 8.99. The lowest BCUT2D eigenvalue weighted by Gasteiger charge is -2.04. The molecule has 1 aromatic heterocycles. The van der Waals surface area contributed by atoms with E-state index in [1.54, 1.807) is 0 Å². The summed E-state index contributed by atoms with van der Waals surface area (Å²) in [7, 11) is 0. The first-order valence-corrected chi connectivity index (χ1v) is 5.42. The Hall–Kier alpha value is -0.930. The summed E-state index contributed by atoms with van der Waals surface area (Å²) in [4.78, 5) is 4.22. The molecule has 0 unspecified atom stereocenters. The molecule has 70 valence electrons. The van der Waals surface area contributed by atoms with E-state index >= 15 is 0 Å². The molecule has 1 N–H and O–H groups in total. The number of pyridine rings is 1. The minimum absolute atomic E-state index is 0.549. The number of benzene rings is 1. The third-order valence-corrected chi connectivity index (χ3v) is 3.21. The second kappa shape index (κ2) is 3.04. The van der Waals surface area contributed by atoms with Gasteiger partial charge in [-0.05, 0) is 32.9 Å². The molecule has 2 heterocycles. The molecule has 0 radical (unpaired) electrons. The zero-order valence-electron chi connectivity index (χ0n) is 7.50. The number of rotatable bonds is 1. The Morgan fingerprint density at radius 3 is 2.93 bits per heavy atom. The first-order chi connectivity index (χ1) is 6.86. The summed E-state index contributed by atoms with van der Waals surface area (Å²) in [5.41, 5.74) is 1.38. The van der Waals surface area contributed by atoms with E-state index in [9.17, 15) is 0 Å². The average Bonchev–Trinajstić information content (AvgIpc) is 3.01. The Bertz CT molecular complexity index is 492. The van der Waals surface area contributed by atoms with Crippen molar-refractivity contribution < 1.29 is 0 Å². The van der Waals surface area contributed by atoms with Crippen molar-refractivity contribution in [3.63, 3.8) is 0 Å². The number of nitrogens with zero attached hydrogens (tertiary/aromatic N) is 1. The van der Waals surface area contributed by atoms with Crippen molar-refractivity contribution in [2.24, 2.45) is 0 Å². The molecule has 14 heavy (non-hydrogen) atoms. The van der Waals surface area contributed by atoms with Gasteiger partial charge in [-0.15, -0.1) is 0 Å². The van der Waals surface area contributed by atoms with E-state index in [1.165, 1.54) is 16.3 Å². The van der Waals surface area contributed by atoms with Crippen molar-refractivity contribution in [1.82, 2.24) is 10.3 Å². The second-order valence-electron chi connectivity index (χ2n) is 3.50. The van der Waals surface area contributed by atoms with Crippen LogP contribution in [0, 0.1) is 0 Å². The highest BCUT2D eigenvalue weighted by Crippen LogP contribution is 2.31. The molecular weight excluding hydrogens is 240 g/mol. The van der Waals surface area contributed by atoms with Crippen LogP contribution in [0.25, 0.3) is 10.8 Å². The van der Waals surface area contributed by atoms with Gasteiger partial charge in [0.1, 0.15) is 4.60 Å². The minimum Gasteiger partial charge on any atom is -0.307 e. The lowest BCUT2D eigenvalue weighted by molar-refractivity contribution is 1.09. The van der Waals surface area contributed by atoms with Crippen LogP contribution in [0.15, 0.2) is 35.1 Å². The smallest absolute Gasteiger partial charge is 0.113 e. The topological polar surface area (TPSA) is 34.8 Å². The van der Waals surface area contributed by atoms with Crippen molar-refractivity contribution in [3.8, 4) is 0 Å². The van der Waals surface area contributed by atoms with E-state index in [4.69, 9.17) is 0 Å². The maximum absolute atomic E-state index is 4.22. The molecule has 1 fully saturated rings. The van der Waals surface area contributed by atoms with Crippen LogP contribution in [0.3, 0.4) is 0 Å². The lowest BCUT2D eigenvalue weighted by Crippen LogP contribution is -1.88. The van der Waals surface area contributed by atoms with Gasteiger partial charge in [0.2, 0.25) is 0 Å². The van der Waals surface area contributed by atoms with Gasteiger partial charge in [-0.1, -0.05) is 18.2 Å². The molecule has 3 heteroatoms. The molecule has 0 amide bonds. The van der Waals surface area contributed by atoms with Crippen LogP contribution in [-0.4, -0.2) is 11.5 Å². The maximum atomic E-state index is 4.22. The van der Waals surface area contributed by atoms with Crippen LogP contribution in [-0.2, 0) is 0 Å². The molecule has 1 aliphatic rings. The Morgan fingerprint density at radius 1 is 1.29 bits per heavy atom. The van der Waals surface area contributed by atoms with Crippen LogP contribution >= 0.6 is 15.9 Å². The molecular formula is C11H9BrN2. The van der Waals surface area contributed by atoms with Gasteiger partial charge in [0, 0.05) is 24.2 Å². The van der Waals surface area contributed by atoms with Crippen LogP contribution < -0.4 is 5.32 Å². The van der Waals surface area contributed by atoms with Crippen LogP contribution in [0.5, 0.6) is 0 Å². The Labute approximate surface area is 90.5 Å². The number of fused-ring (bicyclic) bond motifs is 1. The Kier molecular flexibility index (Phi) is 1.82. The van der Waals surface area contributed by atoms with Gasteiger partial charge in [-0.3, -0.25) is 0 Å². The molecule has 1 atom stereocenters. The van der Waals surface area contributed by atoms with E-state index in [-0.39, 0.29) is 0 Å². The fourth-order valence-corrected chi connectivity index (χ4v) is 2.24. The number of halogens is 1. The molecule has 0 saturated carbocycles. The first-order valence-electron chi connectivity index (χ1n) is 4.63. The largest absolute Gasteiger partial charge is 0.307 e. The van der Waals surface area contributed by atoms with Gasteiger partial charge in [-0.25, -0.2) is 4.98 Å². The number of hydrogen-bond donors (Lipinski definition) is 1. The molecule has 2 nitrogen and oxygen atoms in total. The summed E-state index contributed by atoms with van der Waals surface area (Å²) in [5, 5.41) is 5.82. The van der Waals surface area contributed by atoms with Crippen molar-refractivity contribution in [3.05, 3.63) is 40.6 Å². The van der Waals surface area contributed by atoms with Crippen LogP contribution in [0.4, 0.5) is 0 Å². The predicted octanol–water partition coefficient (Wildman–Crippen LogP) is 2.64. The Morgan fingerprint density at radius 2 is 2.14 bits per heavy atom. The fourth-order valence-electron chi connectivity index (χ4n) is 1.78. The number of nitrogens with one attached hydrogen (secondary N) is 1. The maximum Gasteiger partial charge on any atom is 0.113 e. The third-order valence-electron chi connectivity index (χ3n) is 2.57. The molecule has 1 saturated heterocycles. The zero-order chi connectivity index (χ0) is 9.54. The predicted molar refractivity (Wildman–Crippen MR) is 60.2 cm³/mol. The molecule has 0 aliphatic carbocycles. The fraction of sp³-hybridized carbons (Fsp3) is 0.182. The average molecular weight is 249 g/mol. The van der Waals surface area contributed by atoms with Gasteiger partial charge >= 0.3 is 0 Å². The van der Waals surface area contributed by atoms with Crippen molar-refractivity contribution in [2.75, 3.05) is 6.54 Å². The van der Waals surface area contributed by atoms with Gasteiger partial charge in [0.25, 0.3) is 0 Å². The van der Waals surface area contributed by atoms with E-state index in [0.29, 0.717) is 6.04 Å². The normalized spacial score (nSPS) is 19.9. The molecule has 2 aromatic rings. The monoisotopic (exact) mass is 248 g/mol. The van der Waals surface area contributed by atoms with E-state index < -0.39 is 0 Å². The van der Waals surface area contributed by atoms with Gasteiger partial charge in [-0.2, -0.15) is 0 Å². The van der Waals surface area contributed by atoms with Crippen molar-refractivity contribution in [2.45, 2.75) is 6.04 Å². The first kappa shape index (κ1) is 8.38. The summed E-state index contributed by atoms with van der Waals surface area (Å²) in [6.45, 7) is 1.10. The minimum atomic E-state index is 0.549. The van der Waals surface area contributed by atoms with Crippen LogP contribution in [0.2, 0.25) is 0 Å². The summed E-state index contributed by atoms with van der Waals surface area (Å²) in [6.07, 6.45) is 1.85. The van der Waals surface area contributed by atoms with Gasteiger partial charge < -0.3 is 5.32 Å². The third kappa shape index (κ3) is 1.24. The highest BCUT2D eigenvalue weighted by atomic mass is 79.9. The van der Waals surface area contributed by atoms with Gasteiger partial charge in [0.05, 0.1) is 0 Å². The number of aromatic nitrogens is 1. The highest BCUT2D eigenvalue weighted by molar-refractivity contribution is 9.10. The molecule has 0 bridgehead atoms. The van der Waals surface area contributed by atoms with Crippen molar-refractivity contribution >= 4 is 26.7 Å². The molecule has 1 aliphatic heterocycles. The highest BCUT2D eigenvalue weighted by Gasteiger charge is 2.24. The van der Waals surface area contributed by atoms with Crippen molar-refractivity contribution in [1.29, 1.82) is 0 Å². The summed E-state index contributed by atoms with van der Waals surface area (Å²) in [5.74, 6) is 0. The van der Waals surface area contributed by atoms with E-state index in [1.807, 2.05) is 6.20 Å². The zero-order valence-corrected chi connectivity index (χ0v) is 9.08. The van der Waals surface area contributed by atoms with Crippen LogP contribution in [0.1, 0.15) is 11.6 Å². The Balaban J connectivity index is 2.35. The van der Waals surface area contributed by atoms with E-state index in [2.05, 4.69) is 50.5 Å². The van der Waals surface area contributed by atoms with E-state index in [0.717, 1.165) is 11.1 Å². The SMILES string of the molecule is Brc1nccc2c([C@H]3CN3)cccc12. The lowest BCUT2D eigenvalue weighted by atomic mass is 10.0. The molecule has 0 spiro atoms. The molecule has 3 rings (SSSR count).